The molecule has 12 heteroatoms. The van der Waals surface area contributed by atoms with Crippen LogP contribution in [0, 0.1) is 0 Å². The predicted molar refractivity (Wildman–Crippen MR) is 98.0 cm³/mol. The molecule has 0 bridgehead atoms. The van der Waals surface area contributed by atoms with Crippen molar-refractivity contribution in [3.63, 3.8) is 0 Å². The normalized spacial score (nSPS) is 13.8. The molecule has 0 aromatic heterocycles. The summed E-state index contributed by atoms with van der Waals surface area (Å²) in [6.45, 7) is 4.79. The Balaban J connectivity index is 5.44. The van der Waals surface area contributed by atoms with Gasteiger partial charge in [-0.15, -0.1) is 0 Å². The van der Waals surface area contributed by atoms with Crippen molar-refractivity contribution in [2.24, 2.45) is 0 Å². The minimum atomic E-state index is -1.63. The molecule has 0 radical (unpaired) electrons. The fourth-order valence-corrected chi connectivity index (χ4v) is 2.40. The van der Waals surface area contributed by atoms with E-state index >= 15 is 0 Å². The molecule has 2 amide bonds. The molecule has 0 rings (SSSR count). The van der Waals surface area contributed by atoms with Crippen LogP contribution in [0.4, 0.5) is 0 Å². The number of rotatable bonds is 14. The fraction of sp³-hybridized carbons (Fsp3) is 0.647. The third kappa shape index (κ3) is 10.8. The van der Waals surface area contributed by atoms with E-state index < -0.39 is 72.9 Å². The summed E-state index contributed by atoms with van der Waals surface area (Å²) in [5, 5.41) is 33.8. The lowest BCUT2D eigenvalue weighted by Crippen LogP contribution is -2.56. The highest BCUT2D eigenvalue weighted by Gasteiger charge is 2.31. The topological polar surface area (TPSA) is 199 Å². The Morgan fingerprint density at radius 3 is 1.48 bits per heavy atom. The van der Waals surface area contributed by atoms with Crippen molar-refractivity contribution in [3.8, 4) is 0 Å². The number of carboxylic acids is 3. The van der Waals surface area contributed by atoms with Gasteiger partial charge in [-0.25, -0.2) is 0 Å². The number of carboxylic acid groups (broad SMARTS) is 3. The van der Waals surface area contributed by atoms with Gasteiger partial charge in [-0.2, -0.15) is 0 Å². The summed E-state index contributed by atoms with van der Waals surface area (Å²) in [5.41, 5.74) is 0. The Morgan fingerprint density at radius 1 is 0.690 bits per heavy atom. The Morgan fingerprint density at radius 2 is 1.07 bits per heavy atom. The van der Waals surface area contributed by atoms with Crippen LogP contribution >= 0.6 is 0 Å². The van der Waals surface area contributed by atoms with Gasteiger partial charge in [0.15, 0.2) is 5.78 Å². The van der Waals surface area contributed by atoms with Crippen LogP contribution in [-0.2, 0) is 28.8 Å². The van der Waals surface area contributed by atoms with Crippen LogP contribution in [0.5, 0.6) is 0 Å². The minimum absolute atomic E-state index is 0.0623. The second-order valence-electron chi connectivity index (χ2n) is 6.61. The molecule has 3 atom stereocenters. The maximum absolute atomic E-state index is 12.4. The summed E-state index contributed by atoms with van der Waals surface area (Å²) in [6.07, 6.45) is -2.23. The molecule has 0 aliphatic rings. The van der Waals surface area contributed by atoms with Gasteiger partial charge in [0.1, 0.15) is 6.04 Å². The van der Waals surface area contributed by atoms with Gasteiger partial charge in [0, 0.05) is 12.5 Å². The molecule has 0 spiro atoms. The van der Waals surface area contributed by atoms with Crippen molar-refractivity contribution < 1.29 is 44.1 Å². The van der Waals surface area contributed by atoms with Crippen molar-refractivity contribution >= 4 is 35.5 Å². The molecule has 0 aromatic carbocycles. The highest BCUT2D eigenvalue weighted by atomic mass is 16.4. The molecule has 0 aliphatic carbocycles. The maximum atomic E-state index is 12.4. The van der Waals surface area contributed by atoms with Gasteiger partial charge < -0.3 is 31.3 Å². The van der Waals surface area contributed by atoms with Gasteiger partial charge in [0.25, 0.3) is 0 Å². The van der Waals surface area contributed by atoms with Gasteiger partial charge in [-0.1, -0.05) is 20.8 Å². The average molecular weight is 417 g/mol. The van der Waals surface area contributed by atoms with Crippen molar-refractivity contribution in [1.29, 1.82) is 0 Å². The number of Topliss-reactive ketones (excluding diaryl/α,β-unsaturated/α-hetero) is 1. The van der Waals surface area contributed by atoms with E-state index in [9.17, 15) is 28.8 Å². The van der Waals surface area contributed by atoms with Crippen LogP contribution in [0.2, 0.25) is 0 Å². The first-order valence-electron chi connectivity index (χ1n) is 8.92. The largest absolute Gasteiger partial charge is 0.481 e. The standard InChI is InChI=1S/C17H27N3O9/c1-4-12(21)9(5-13(22)23)19-17(29)11(7-15(26)27)20-16(28)10(6-14(24)25)18-8(2)3/h8-11,18H,4-7H2,1-3H3,(H,19,29)(H,20,28)(H,22,23)(H,24,25)(H,26,27). The van der Waals surface area contributed by atoms with E-state index in [0.717, 1.165) is 0 Å². The second-order valence-corrected chi connectivity index (χ2v) is 6.61. The van der Waals surface area contributed by atoms with Gasteiger partial charge in [0.2, 0.25) is 11.8 Å². The number of amides is 2. The highest BCUT2D eigenvalue weighted by Crippen LogP contribution is 2.03. The summed E-state index contributed by atoms with van der Waals surface area (Å²) in [6, 6.07) is -4.53. The predicted octanol–water partition coefficient (Wildman–Crippen LogP) is -1.27. The zero-order valence-electron chi connectivity index (χ0n) is 16.4. The van der Waals surface area contributed by atoms with E-state index in [-0.39, 0.29) is 12.5 Å². The van der Waals surface area contributed by atoms with Gasteiger partial charge in [0.05, 0.1) is 31.3 Å². The van der Waals surface area contributed by atoms with E-state index in [2.05, 4.69) is 16.0 Å². The lowest BCUT2D eigenvalue weighted by molar-refractivity contribution is -0.143. The number of carbonyl (C=O) groups is 6. The number of nitrogens with one attached hydrogen (secondary N) is 3. The molecular formula is C17H27N3O9. The molecule has 0 saturated heterocycles. The van der Waals surface area contributed by atoms with Crippen LogP contribution in [0.3, 0.4) is 0 Å². The molecule has 12 nitrogen and oxygen atoms in total. The first-order valence-corrected chi connectivity index (χ1v) is 8.92. The second kappa shape index (κ2) is 12.4. The van der Waals surface area contributed by atoms with Crippen LogP contribution in [0.1, 0.15) is 46.5 Å². The molecule has 0 aliphatic heterocycles. The number of hydrogen-bond donors (Lipinski definition) is 6. The molecule has 0 aromatic rings. The molecule has 3 unspecified atom stereocenters. The quantitative estimate of drug-likeness (QED) is 0.198. The fourth-order valence-electron chi connectivity index (χ4n) is 2.40. The molecule has 0 fully saturated rings. The van der Waals surface area contributed by atoms with Crippen LogP contribution in [0.15, 0.2) is 0 Å². The summed E-state index contributed by atoms with van der Waals surface area (Å²) >= 11 is 0. The third-order valence-electron chi connectivity index (χ3n) is 3.67. The monoisotopic (exact) mass is 417 g/mol. The SMILES string of the molecule is CCC(=O)C(CC(=O)O)NC(=O)C(CC(=O)O)NC(=O)C(CC(=O)O)NC(C)C. The average Bonchev–Trinajstić information content (AvgIpc) is 2.57. The highest BCUT2D eigenvalue weighted by molar-refractivity contribution is 5.97. The lowest BCUT2D eigenvalue weighted by Gasteiger charge is -2.24. The Labute approximate surface area is 167 Å². The molecule has 0 heterocycles. The van der Waals surface area contributed by atoms with E-state index in [1.165, 1.54) is 6.92 Å². The summed E-state index contributed by atoms with van der Waals surface area (Å²) in [5.74, 6) is -6.63. The third-order valence-corrected chi connectivity index (χ3v) is 3.67. The minimum Gasteiger partial charge on any atom is -0.481 e. The molecule has 0 saturated carbocycles. The van der Waals surface area contributed by atoms with Crippen LogP contribution < -0.4 is 16.0 Å². The van der Waals surface area contributed by atoms with Crippen LogP contribution in [0.25, 0.3) is 0 Å². The molecule has 29 heavy (non-hydrogen) atoms. The van der Waals surface area contributed by atoms with Crippen molar-refractivity contribution in [2.45, 2.75) is 70.6 Å². The Kier molecular flexibility index (Phi) is 11.1. The van der Waals surface area contributed by atoms with Gasteiger partial charge in [-0.3, -0.25) is 28.8 Å². The van der Waals surface area contributed by atoms with E-state index in [1.54, 1.807) is 13.8 Å². The van der Waals surface area contributed by atoms with Gasteiger partial charge in [-0.05, 0) is 0 Å². The lowest BCUT2D eigenvalue weighted by atomic mass is 10.1. The van der Waals surface area contributed by atoms with E-state index in [1.807, 2.05) is 0 Å². The number of ketones is 1. The van der Waals surface area contributed by atoms with Crippen molar-refractivity contribution in [1.82, 2.24) is 16.0 Å². The Hall–Kier alpha value is -3.02. The van der Waals surface area contributed by atoms with E-state index in [4.69, 9.17) is 15.3 Å². The zero-order valence-corrected chi connectivity index (χ0v) is 16.4. The summed E-state index contributed by atoms with van der Waals surface area (Å²) < 4.78 is 0. The maximum Gasteiger partial charge on any atom is 0.305 e. The zero-order chi connectivity index (χ0) is 22.7. The van der Waals surface area contributed by atoms with Crippen molar-refractivity contribution in [3.05, 3.63) is 0 Å². The number of hydrogen-bond acceptors (Lipinski definition) is 7. The Bertz CT molecular complexity index is 648. The van der Waals surface area contributed by atoms with Crippen molar-refractivity contribution in [2.75, 3.05) is 0 Å². The first kappa shape index (κ1) is 26.0. The summed E-state index contributed by atoms with van der Waals surface area (Å²) in [7, 11) is 0. The molecule has 164 valence electrons. The summed E-state index contributed by atoms with van der Waals surface area (Å²) in [4.78, 5) is 69.6. The first-order chi connectivity index (χ1) is 13.4. The van der Waals surface area contributed by atoms with Gasteiger partial charge >= 0.3 is 17.9 Å². The van der Waals surface area contributed by atoms with E-state index in [0.29, 0.717) is 0 Å². The van der Waals surface area contributed by atoms with Crippen LogP contribution in [-0.4, -0.2) is 75.0 Å². The number of carbonyl (C=O) groups excluding carboxylic acids is 3. The molecule has 6 N–H and O–H groups in total. The smallest absolute Gasteiger partial charge is 0.305 e. The number of aliphatic carboxylic acids is 3. The molecular weight excluding hydrogens is 390 g/mol.